The first kappa shape index (κ1) is 16.5. The predicted molar refractivity (Wildman–Crippen MR) is 75.1 cm³/mol. The van der Waals surface area contributed by atoms with Crippen molar-refractivity contribution < 1.29 is 29.3 Å². The monoisotopic (exact) mass is 314 g/mol. The van der Waals surface area contributed by atoms with Crippen molar-refractivity contribution in [3.63, 3.8) is 0 Å². The van der Waals surface area contributed by atoms with Gasteiger partial charge < -0.3 is 20.7 Å². The van der Waals surface area contributed by atoms with Crippen molar-refractivity contribution in [3.8, 4) is 0 Å². The van der Waals surface area contributed by atoms with E-state index in [2.05, 4.69) is 5.32 Å². The summed E-state index contributed by atoms with van der Waals surface area (Å²) in [6.07, 6.45) is 3.28. The summed E-state index contributed by atoms with van der Waals surface area (Å²) in [6, 6.07) is 0. The van der Waals surface area contributed by atoms with Gasteiger partial charge in [-0.1, -0.05) is 19.3 Å². The molecule has 0 bridgehead atoms. The summed E-state index contributed by atoms with van der Waals surface area (Å²) in [5.41, 5.74) is 4.12. The highest BCUT2D eigenvalue weighted by Gasteiger charge is 2.66. The molecule has 124 valence electrons. The maximum Gasteiger partial charge on any atom is 0.404 e. The van der Waals surface area contributed by atoms with Gasteiger partial charge in [-0.15, -0.1) is 0 Å². The number of hydrogen-bond donors (Lipinski definition) is 4. The van der Waals surface area contributed by atoms with E-state index in [4.69, 9.17) is 15.6 Å². The molecule has 0 heterocycles. The molecule has 0 aliphatic heterocycles. The van der Waals surface area contributed by atoms with Crippen LogP contribution in [0.2, 0.25) is 0 Å². The minimum atomic E-state index is -1.09. The molecule has 3 unspecified atom stereocenters. The van der Waals surface area contributed by atoms with Crippen LogP contribution in [0.15, 0.2) is 0 Å². The van der Waals surface area contributed by atoms with E-state index in [1.165, 1.54) is 0 Å². The Labute approximate surface area is 128 Å². The quantitative estimate of drug-likeness (QED) is 0.538. The van der Waals surface area contributed by atoms with Gasteiger partial charge in [-0.3, -0.25) is 14.9 Å². The van der Waals surface area contributed by atoms with E-state index in [9.17, 15) is 19.5 Å². The van der Waals surface area contributed by atoms with Crippen LogP contribution in [-0.2, 0) is 14.3 Å². The fraction of sp³-hybridized carbons (Fsp3) is 0.786. The second-order valence-electron chi connectivity index (χ2n) is 6.14. The van der Waals surface area contributed by atoms with Crippen LogP contribution in [0.5, 0.6) is 0 Å². The Balaban J connectivity index is 2.21. The summed E-state index contributed by atoms with van der Waals surface area (Å²) in [6.45, 7) is -0.380. The van der Waals surface area contributed by atoms with E-state index in [-0.39, 0.29) is 18.9 Å². The van der Waals surface area contributed by atoms with Crippen LogP contribution in [0.4, 0.5) is 4.79 Å². The highest BCUT2D eigenvalue weighted by Crippen LogP contribution is 2.51. The van der Waals surface area contributed by atoms with Crippen LogP contribution >= 0.6 is 0 Å². The van der Waals surface area contributed by atoms with E-state index in [0.29, 0.717) is 0 Å². The molecule has 2 aliphatic carbocycles. The predicted octanol–water partition coefficient (Wildman–Crippen LogP) is 0.548. The second-order valence-corrected chi connectivity index (χ2v) is 6.14. The minimum Gasteiger partial charge on any atom is -0.481 e. The lowest BCUT2D eigenvalue weighted by atomic mass is 9.80. The van der Waals surface area contributed by atoms with Crippen molar-refractivity contribution in [1.82, 2.24) is 5.32 Å². The average Bonchev–Trinajstić information content (AvgIpc) is 3.19. The molecule has 0 aromatic rings. The summed E-state index contributed by atoms with van der Waals surface area (Å²) in [5, 5.41) is 20.9. The van der Waals surface area contributed by atoms with Crippen molar-refractivity contribution >= 4 is 18.0 Å². The number of aliphatic carboxylic acids is 2. The standard InChI is InChI=1S/C14H22N2O6/c15-13(21)22-11(8-4-2-1-3-5-8)14(16-7-10(17)18)6-9(14)12(19)20/h8-9,11,16H,1-7H2,(H2,15,21)(H,17,18)(H,19,20). The first-order chi connectivity index (χ1) is 10.4. The molecule has 0 aromatic carbocycles. The van der Waals surface area contributed by atoms with Crippen LogP contribution in [0, 0.1) is 11.8 Å². The number of nitrogens with two attached hydrogens (primary N) is 1. The van der Waals surface area contributed by atoms with E-state index >= 15 is 0 Å². The number of carboxylic acid groups (broad SMARTS) is 2. The molecule has 0 spiro atoms. The Morgan fingerprint density at radius 3 is 2.32 bits per heavy atom. The fourth-order valence-electron chi connectivity index (χ4n) is 3.62. The van der Waals surface area contributed by atoms with Gasteiger partial charge in [0.1, 0.15) is 6.10 Å². The largest absolute Gasteiger partial charge is 0.481 e. The maximum atomic E-state index is 11.3. The lowest BCUT2D eigenvalue weighted by Gasteiger charge is -2.36. The van der Waals surface area contributed by atoms with Gasteiger partial charge in [0, 0.05) is 0 Å². The van der Waals surface area contributed by atoms with Gasteiger partial charge in [-0.05, 0) is 25.2 Å². The molecule has 8 nitrogen and oxygen atoms in total. The molecular weight excluding hydrogens is 292 g/mol. The number of carbonyl (C=O) groups excluding carboxylic acids is 1. The molecular formula is C14H22N2O6. The van der Waals surface area contributed by atoms with Crippen LogP contribution in [0.3, 0.4) is 0 Å². The Morgan fingerprint density at radius 1 is 1.23 bits per heavy atom. The number of rotatable bonds is 7. The first-order valence-electron chi connectivity index (χ1n) is 7.52. The molecule has 22 heavy (non-hydrogen) atoms. The van der Waals surface area contributed by atoms with Crippen molar-refractivity contribution in [2.75, 3.05) is 6.54 Å². The summed E-state index contributed by atoms with van der Waals surface area (Å²) in [7, 11) is 0. The van der Waals surface area contributed by atoms with Crippen molar-refractivity contribution in [3.05, 3.63) is 0 Å². The summed E-state index contributed by atoms with van der Waals surface area (Å²) < 4.78 is 5.25. The Hall–Kier alpha value is -1.83. The van der Waals surface area contributed by atoms with Gasteiger partial charge in [0.2, 0.25) is 0 Å². The van der Waals surface area contributed by atoms with Crippen LogP contribution in [0.25, 0.3) is 0 Å². The number of carbonyl (C=O) groups is 3. The number of carboxylic acids is 2. The molecule has 0 saturated heterocycles. The molecule has 3 atom stereocenters. The van der Waals surface area contributed by atoms with Crippen LogP contribution in [0.1, 0.15) is 38.5 Å². The van der Waals surface area contributed by atoms with Crippen LogP contribution < -0.4 is 11.1 Å². The van der Waals surface area contributed by atoms with Gasteiger partial charge in [0.15, 0.2) is 0 Å². The zero-order valence-electron chi connectivity index (χ0n) is 12.3. The first-order valence-corrected chi connectivity index (χ1v) is 7.52. The van der Waals surface area contributed by atoms with Gasteiger partial charge in [0.25, 0.3) is 0 Å². The molecule has 0 radical (unpaired) electrons. The second kappa shape index (κ2) is 6.51. The van der Waals surface area contributed by atoms with E-state index < -0.39 is 35.6 Å². The maximum absolute atomic E-state index is 11.3. The number of hydrogen-bond acceptors (Lipinski definition) is 5. The van der Waals surface area contributed by atoms with E-state index in [1.54, 1.807) is 0 Å². The summed E-state index contributed by atoms with van der Waals surface area (Å²) in [4.78, 5) is 33.4. The molecule has 2 fully saturated rings. The van der Waals surface area contributed by atoms with E-state index in [1.807, 2.05) is 0 Å². The molecule has 2 saturated carbocycles. The fourth-order valence-corrected chi connectivity index (χ4v) is 3.62. The van der Waals surface area contributed by atoms with Gasteiger partial charge in [-0.25, -0.2) is 4.79 Å². The van der Waals surface area contributed by atoms with Crippen molar-refractivity contribution in [1.29, 1.82) is 0 Å². The molecule has 2 aliphatic rings. The Morgan fingerprint density at radius 2 is 1.86 bits per heavy atom. The highest BCUT2D eigenvalue weighted by molar-refractivity contribution is 5.77. The molecule has 2 rings (SSSR count). The molecule has 1 amide bonds. The molecule has 5 N–H and O–H groups in total. The van der Waals surface area contributed by atoms with Gasteiger partial charge >= 0.3 is 18.0 Å². The number of amides is 1. The SMILES string of the molecule is NC(=O)OC(C1CCCCC1)C1(NCC(=O)O)CC1C(=O)O. The van der Waals surface area contributed by atoms with Crippen molar-refractivity contribution in [2.24, 2.45) is 17.6 Å². The van der Waals surface area contributed by atoms with Gasteiger partial charge in [0.05, 0.1) is 18.0 Å². The topological polar surface area (TPSA) is 139 Å². The highest BCUT2D eigenvalue weighted by atomic mass is 16.6. The van der Waals surface area contributed by atoms with Crippen LogP contribution in [-0.4, -0.2) is 46.4 Å². The zero-order valence-corrected chi connectivity index (χ0v) is 12.3. The lowest BCUT2D eigenvalue weighted by molar-refractivity contribution is -0.141. The Kier molecular flexibility index (Phi) is 4.90. The third kappa shape index (κ3) is 3.49. The average molecular weight is 314 g/mol. The lowest BCUT2D eigenvalue weighted by Crippen LogP contribution is -2.53. The summed E-state index contributed by atoms with van der Waals surface area (Å²) >= 11 is 0. The van der Waals surface area contributed by atoms with Gasteiger partial charge in [-0.2, -0.15) is 0 Å². The van der Waals surface area contributed by atoms with E-state index in [0.717, 1.165) is 32.1 Å². The summed E-state index contributed by atoms with van der Waals surface area (Å²) in [5.74, 6) is -2.87. The number of nitrogens with one attached hydrogen (secondary N) is 1. The number of primary amides is 1. The molecule has 8 heteroatoms. The molecule has 0 aromatic heterocycles. The third-order valence-corrected chi connectivity index (χ3v) is 4.70. The normalized spacial score (nSPS) is 29.5. The smallest absolute Gasteiger partial charge is 0.404 e. The third-order valence-electron chi connectivity index (χ3n) is 4.70. The zero-order chi connectivity index (χ0) is 16.3. The minimum absolute atomic E-state index is 0.00638. The van der Waals surface area contributed by atoms with Crippen molar-refractivity contribution in [2.45, 2.75) is 50.2 Å². The Bertz CT molecular complexity index is 462. The number of ether oxygens (including phenoxy) is 1.